The summed E-state index contributed by atoms with van der Waals surface area (Å²) in [6.07, 6.45) is 36.0. The molecule has 2 heterocycles. The van der Waals surface area contributed by atoms with Crippen molar-refractivity contribution >= 4 is 11.9 Å². The minimum absolute atomic E-state index is 0.118. The molecule has 0 saturated carbocycles. The molecule has 0 aromatic rings. The van der Waals surface area contributed by atoms with Gasteiger partial charge in [-0.15, -0.1) is 0 Å². The molecule has 4 unspecified atom stereocenters. The molecule has 0 amide bonds. The molecule has 2 aliphatic rings. The highest BCUT2D eigenvalue weighted by Crippen LogP contribution is 2.26. The Bertz CT molecular complexity index is 1570. The molecule has 412 valence electrons. The van der Waals surface area contributed by atoms with Crippen molar-refractivity contribution in [2.24, 2.45) is 0 Å². The molecule has 72 heavy (non-hydrogen) atoms. The first-order chi connectivity index (χ1) is 35.0. The van der Waals surface area contributed by atoms with Crippen LogP contribution in [0.25, 0.3) is 0 Å². The average molecular weight is 1020 g/mol. The smallest absolute Gasteiger partial charge is 0.306 e. The number of carbonyl (C=O) groups is 2. The van der Waals surface area contributed by atoms with Crippen molar-refractivity contribution in [1.82, 2.24) is 0 Å². The molecule has 2 rings (SSSR count). The molecule has 0 bridgehead atoms. The third kappa shape index (κ3) is 30.1. The summed E-state index contributed by atoms with van der Waals surface area (Å²) in [5, 5.41) is 72.2. The van der Waals surface area contributed by atoms with E-state index < -0.39 is 99.3 Å². The molecule has 15 heteroatoms. The number of aliphatic hydroxyl groups is 7. The zero-order valence-corrected chi connectivity index (χ0v) is 43.6. The first kappa shape index (κ1) is 64.8. The van der Waals surface area contributed by atoms with E-state index in [2.05, 4.69) is 98.9 Å². The highest BCUT2D eigenvalue weighted by molar-refractivity contribution is 5.70. The summed E-state index contributed by atoms with van der Waals surface area (Å²) in [6.45, 7) is 2.46. The molecule has 15 nitrogen and oxygen atoms in total. The van der Waals surface area contributed by atoms with Crippen molar-refractivity contribution in [3.8, 4) is 0 Å². The number of allylic oxidation sites excluding steroid dienone is 14. The van der Waals surface area contributed by atoms with Gasteiger partial charge in [0.15, 0.2) is 18.7 Å². The van der Waals surface area contributed by atoms with Gasteiger partial charge in [-0.3, -0.25) is 9.59 Å². The Balaban J connectivity index is 1.82. The van der Waals surface area contributed by atoms with Gasteiger partial charge >= 0.3 is 11.9 Å². The fourth-order valence-electron chi connectivity index (χ4n) is 7.85. The quantitative estimate of drug-likeness (QED) is 0.0173. The number of esters is 2. The lowest BCUT2D eigenvalue weighted by molar-refractivity contribution is -0.332. The van der Waals surface area contributed by atoms with E-state index in [0.29, 0.717) is 12.8 Å². The van der Waals surface area contributed by atoms with E-state index in [9.17, 15) is 45.3 Å². The van der Waals surface area contributed by atoms with Crippen LogP contribution in [0, 0.1) is 0 Å². The van der Waals surface area contributed by atoms with Crippen LogP contribution < -0.4 is 0 Å². The van der Waals surface area contributed by atoms with Gasteiger partial charge in [-0.25, -0.2) is 0 Å². The van der Waals surface area contributed by atoms with Crippen LogP contribution in [-0.2, 0) is 38.0 Å². The SMILES string of the molecule is CCCCC/C=C/C/C=C/C/C=C/C/C=C/CCCCCC(=O)O[C@H](COC(=O)CCCCCC/C=C/C/C=C/C/C=C/CCCCC)CO[C@H]1O[C@@H](CO[C@H]2O[C@@H](CO)[C@@H](O)C(O)C2O)[C@@H](O)C(O)C1O. The van der Waals surface area contributed by atoms with Crippen LogP contribution in [0.5, 0.6) is 0 Å². The molecule has 0 spiro atoms. The van der Waals surface area contributed by atoms with Crippen molar-refractivity contribution in [3.05, 3.63) is 85.1 Å². The van der Waals surface area contributed by atoms with E-state index >= 15 is 0 Å². The van der Waals surface area contributed by atoms with Crippen molar-refractivity contribution in [1.29, 1.82) is 0 Å². The minimum Gasteiger partial charge on any atom is -0.462 e. The molecule has 0 aromatic heterocycles. The molecule has 11 atom stereocenters. The van der Waals surface area contributed by atoms with Gasteiger partial charge in [0.05, 0.1) is 19.8 Å². The summed E-state index contributed by atoms with van der Waals surface area (Å²) in [4.78, 5) is 25.8. The van der Waals surface area contributed by atoms with Gasteiger partial charge in [0, 0.05) is 12.8 Å². The lowest BCUT2D eigenvalue weighted by Gasteiger charge is -2.42. The van der Waals surface area contributed by atoms with Crippen molar-refractivity contribution in [3.63, 3.8) is 0 Å². The Morgan fingerprint density at radius 2 is 0.833 bits per heavy atom. The Morgan fingerprint density at radius 3 is 1.31 bits per heavy atom. The predicted molar refractivity (Wildman–Crippen MR) is 279 cm³/mol. The third-order valence-corrected chi connectivity index (χ3v) is 12.3. The topological polar surface area (TPSA) is 231 Å². The molecule has 2 fully saturated rings. The third-order valence-electron chi connectivity index (χ3n) is 12.3. The van der Waals surface area contributed by atoms with Gasteiger partial charge in [0.2, 0.25) is 0 Å². The zero-order chi connectivity index (χ0) is 52.4. The van der Waals surface area contributed by atoms with E-state index in [1.54, 1.807) is 0 Å². The van der Waals surface area contributed by atoms with E-state index in [0.717, 1.165) is 89.9 Å². The number of hydrogen-bond donors (Lipinski definition) is 7. The molecule has 2 saturated heterocycles. The van der Waals surface area contributed by atoms with Crippen LogP contribution in [0.2, 0.25) is 0 Å². The summed E-state index contributed by atoms with van der Waals surface area (Å²) in [7, 11) is 0. The molecule has 0 radical (unpaired) electrons. The number of rotatable bonds is 41. The first-order valence-electron chi connectivity index (χ1n) is 27.2. The molecular weight excluding hydrogens is 925 g/mol. The van der Waals surface area contributed by atoms with Crippen LogP contribution in [0.4, 0.5) is 0 Å². The van der Waals surface area contributed by atoms with Gasteiger partial charge in [-0.2, -0.15) is 0 Å². The highest BCUT2D eigenvalue weighted by atomic mass is 16.7. The Morgan fingerprint density at radius 1 is 0.444 bits per heavy atom. The van der Waals surface area contributed by atoms with E-state index in [4.69, 9.17) is 28.4 Å². The Kier molecular flexibility index (Phi) is 38.7. The van der Waals surface area contributed by atoms with Crippen LogP contribution in [0.15, 0.2) is 85.1 Å². The monoisotopic (exact) mass is 1020 g/mol. The second kappa shape index (κ2) is 43.0. The van der Waals surface area contributed by atoms with Gasteiger partial charge in [0.25, 0.3) is 0 Å². The number of unbranched alkanes of at least 4 members (excludes halogenated alkanes) is 13. The first-order valence-corrected chi connectivity index (χ1v) is 27.2. The van der Waals surface area contributed by atoms with Gasteiger partial charge in [-0.1, -0.05) is 144 Å². The maximum Gasteiger partial charge on any atom is 0.306 e. The van der Waals surface area contributed by atoms with Crippen LogP contribution in [-0.4, -0.2) is 142 Å². The lowest BCUT2D eigenvalue weighted by atomic mass is 9.98. The average Bonchev–Trinajstić information content (AvgIpc) is 3.37. The second-order valence-corrected chi connectivity index (χ2v) is 18.7. The fourth-order valence-corrected chi connectivity index (χ4v) is 7.85. The van der Waals surface area contributed by atoms with Crippen LogP contribution in [0.3, 0.4) is 0 Å². The molecular formula is C57H94O15. The van der Waals surface area contributed by atoms with Crippen LogP contribution >= 0.6 is 0 Å². The largest absolute Gasteiger partial charge is 0.462 e. The van der Waals surface area contributed by atoms with E-state index in [1.807, 2.05) is 0 Å². The fraction of sp³-hybridized carbons (Fsp3) is 0.719. The van der Waals surface area contributed by atoms with Gasteiger partial charge in [-0.05, 0) is 96.3 Å². The maximum absolute atomic E-state index is 13.0. The standard InChI is InChI=1S/C57H94O15/c1-3-5-7-9-11-13-15-17-19-21-22-24-26-28-30-32-34-36-38-40-49(60)70-45(42-67-48(59)39-37-35-33-31-29-27-25-23-20-18-16-14-12-10-8-6-4-2)43-68-56-55(66)53(64)51(62)47(72-56)44-69-57-54(65)52(63)50(61)46(41-58)71-57/h11-14,17-20,22,24-25,27-28,30,45-47,50-58,61-66H,3-10,15-16,21,23,26,29,31-44H2,1-2H3/b13-11+,14-12+,19-17+,20-18+,24-22+,27-25+,30-28+/t45-,46+,47+,50-,51-,52?,53?,54?,55?,56+,57+/m1/s1. The summed E-state index contributed by atoms with van der Waals surface area (Å²) >= 11 is 0. The van der Waals surface area contributed by atoms with Gasteiger partial charge < -0.3 is 64.2 Å². The highest BCUT2D eigenvalue weighted by Gasteiger charge is 2.47. The van der Waals surface area contributed by atoms with Crippen LogP contribution in [0.1, 0.15) is 168 Å². The molecule has 2 aliphatic heterocycles. The van der Waals surface area contributed by atoms with Crippen molar-refractivity contribution in [2.75, 3.05) is 26.4 Å². The summed E-state index contributed by atoms with van der Waals surface area (Å²) in [6, 6.07) is 0. The maximum atomic E-state index is 13.0. The summed E-state index contributed by atoms with van der Waals surface area (Å²) in [5.41, 5.74) is 0. The van der Waals surface area contributed by atoms with Crippen molar-refractivity contribution < 1.29 is 73.8 Å². The van der Waals surface area contributed by atoms with E-state index in [-0.39, 0.29) is 19.4 Å². The minimum atomic E-state index is -1.78. The summed E-state index contributed by atoms with van der Waals surface area (Å²) < 4.78 is 33.6. The molecule has 7 N–H and O–H groups in total. The lowest BCUT2D eigenvalue weighted by Crippen LogP contribution is -2.61. The number of aliphatic hydroxyl groups excluding tert-OH is 7. The number of hydrogen-bond acceptors (Lipinski definition) is 15. The van der Waals surface area contributed by atoms with Crippen molar-refractivity contribution in [2.45, 2.75) is 235 Å². The summed E-state index contributed by atoms with van der Waals surface area (Å²) in [5.74, 6) is -0.993. The number of carbonyl (C=O) groups excluding carboxylic acids is 2. The Hall–Kier alpha value is -3.32. The van der Waals surface area contributed by atoms with E-state index in [1.165, 1.54) is 38.5 Å². The zero-order valence-electron chi connectivity index (χ0n) is 43.6. The molecule has 0 aliphatic carbocycles. The predicted octanol–water partition coefficient (Wildman–Crippen LogP) is 8.38. The molecule has 0 aromatic carbocycles. The van der Waals surface area contributed by atoms with Gasteiger partial charge in [0.1, 0.15) is 55.4 Å². The number of ether oxygens (including phenoxy) is 6. The second-order valence-electron chi connectivity index (χ2n) is 18.7. The Labute approximate surface area is 431 Å². The normalized spacial score (nSPS) is 25.7.